The Bertz CT molecular complexity index is 1120. The second kappa shape index (κ2) is 7.02. The number of hydrogen-bond donors (Lipinski definition) is 1. The van der Waals surface area contributed by atoms with Gasteiger partial charge >= 0.3 is 6.03 Å². The molecule has 2 aromatic heterocycles. The minimum atomic E-state index is -0.439. The zero-order valence-corrected chi connectivity index (χ0v) is 17.3. The van der Waals surface area contributed by atoms with Gasteiger partial charge in [-0.05, 0) is 49.2 Å². The van der Waals surface area contributed by atoms with E-state index in [0.29, 0.717) is 19.6 Å². The van der Waals surface area contributed by atoms with E-state index in [1.54, 1.807) is 4.90 Å². The van der Waals surface area contributed by atoms with E-state index in [-0.39, 0.29) is 11.8 Å². The summed E-state index contributed by atoms with van der Waals surface area (Å²) in [6.45, 7) is 5.08. The van der Waals surface area contributed by atoms with E-state index in [4.69, 9.17) is 15.2 Å². The fourth-order valence-corrected chi connectivity index (χ4v) is 4.88. The molecule has 0 bridgehead atoms. The Morgan fingerprint density at radius 1 is 1.33 bits per heavy atom. The maximum Gasteiger partial charge on any atom is 0.316 e. The molecule has 30 heavy (non-hydrogen) atoms. The standard InChI is InChI=1S/C23H26N4O3/c1-3-29-21-14-23(9-11-26(21)22(24)28)13-17-12-16(4-7-20(17)30-23)19-6-5-18-8-10-25-27(18)15(19)2/h4-8,10,12,21H,3,9,11,13-14H2,1-2H3,(H2,24,28). The largest absolute Gasteiger partial charge is 0.486 e. The van der Waals surface area contributed by atoms with Crippen molar-refractivity contribution in [2.75, 3.05) is 13.2 Å². The van der Waals surface area contributed by atoms with E-state index in [2.05, 4.69) is 42.4 Å². The first-order valence-corrected chi connectivity index (χ1v) is 10.4. The van der Waals surface area contributed by atoms with Gasteiger partial charge in [0, 0.05) is 49.9 Å². The van der Waals surface area contributed by atoms with E-state index < -0.39 is 6.03 Å². The molecule has 1 spiro atoms. The molecule has 1 fully saturated rings. The third kappa shape index (κ3) is 3.01. The number of likely N-dealkylation sites (tertiary alicyclic amines) is 1. The number of aryl methyl sites for hydroxylation is 1. The fourth-order valence-electron chi connectivity index (χ4n) is 4.88. The summed E-state index contributed by atoms with van der Waals surface area (Å²) in [6, 6.07) is 12.2. The molecule has 2 aliphatic heterocycles. The van der Waals surface area contributed by atoms with Crippen LogP contribution in [0.15, 0.2) is 42.6 Å². The number of carbonyl (C=O) groups is 1. The van der Waals surface area contributed by atoms with Gasteiger partial charge in [-0.25, -0.2) is 9.31 Å². The molecule has 7 heteroatoms. The Hall–Kier alpha value is -3.06. The SMILES string of the molecule is CCOC1CC2(CCN1C(N)=O)Cc1cc(-c3ccc4ccnn4c3C)ccc1O2. The molecule has 0 radical (unpaired) electrons. The Balaban J connectivity index is 1.44. The molecule has 2 amide bonds. The summed E-state index contributed by atoms with van der Waals surface area (Å²) in [5.74, 6) is 0.916. The third-order valence-corrected chi connectivity index (χ3v) is 6.36. The number of pyridine rings is 1. The molecule has 4 heterocycles. The number of nitrogens with zero attached hydrogens (tertiary/aromatic N) is 3. The first-order valence-electron chi connectivity index (χ1n) is 10.4. The average Bonchev–Trinajstić information content (AvgIpc) is 3.32. The summed E-state index contributed by atoms with van der Waals surface area (Å²) >= 11 is 0. The monoisotopic (exact) mass is 406 g/mol. The van der Waals surface area contributed by atoms with Crippen molar-refractivity contribution in [2.45, 2.75) is 44.9 Å². The molecule has 0 aliphatic carbocycles. The molecule has 1 saturated heterocycles. The van der Waals surface area contributed by atoms with Crippen LogP contribution in [0.1, 0.15) is 31.0 Å². The van der Waals surface area contributed by atoms with E-state index in [0.717, 1.165) is 40.9 Å². The van der Waals surface area contributed by atoms with Gasteiger partial charge in [0.1, 0.15) is 17.6 Å². The van der Waals surface area contributed by atoms with Crippen LogP contribution in [0.2, 0.25) is 0 Å². The predicted octanol–water partition coefficient (Wildman–Crippen LogP) is 3.52. The predicted molar refractivity (Wildman–Crippen MR) is 113 cm³/mol. The highest BCUT2D eigenvalue weighted by atomic mass is 16.5. The second-order valence-electron chi connectivity index (χ2n) is 8.18. The van der Waals surface area contributed by atoms with Gasteiger partial charge in [0.15, 0.2) is 0 Å². The summed E-state index contributed by atoms with van der Waals surface area (Å²) in [6.07, 6.45) is 3.63. The van der Waals surface area contributed by atoms with Crippen LogP contribution in [0.4, 0.5) is 4.79 Å². The maximum atomic E-state index is 11.8. The van der Waals surface area contributed by atoms with Crippen molar-refractivity contribution in [3.63, 3.8) is 0 Å². The van der Waals surface area contributed by atoms with Gasteiger partial charge in [0.25, 0.3) is 0 Å². The van der Waals surface area contributed by atoms with Crippen molar-refractivity contribution >= 4 is 11.5 Å². The van der Waals surface area contributed by atoms with Gasteiger partial charge in [-0.3, -0.25) is 4.90 Å². The molecule has 2 N–H and O–H groups in total. The van der Waals surface area contributed by atoms with Crippen molar-refractivity contribution in [3.8, 4) is 16.9 Å². The summed E-state index contributed by atoms with van der Waals surface area (Å²) in [4.78, 5) is 13.4. The quantitative estimate of drug-likeness (QED) is 0.722. The highest BCUT2D eigenvalue weighted by Gasteiger charge is 2.47. The minimum Gasteiger partial charge on any atom is -0.486 e. The van der Waals surface area contributed by atoms with Gasteiger partial charge in [-0.1, -0.05) is 12.1 Å². The number of ether oxygens (including phenoxy) is 2. The Labute approximate surface area is 175 Å². The maximum absolute atomic E-state index is 11.8. The lowest BCUT2D eigenvalue weighted by Gasteiger charge is -2.43. The van der Waals surface area contributed by atoms with Crippen LogP contribution in [0, 0.1) is 6.92 Å². The molecule has 5 rings (SSSR count). The topological polar surface area (TPSA) is 82.1 Å². The summed E-state index contributed by atoms with van der Waals surface area (Å²) in [7, 11) is 0. The average molecular weight is 406 g/mol. The molecule has 7 nitrogen and oxygen atoms in total. The number of hydrogen-bond acceptors (Lipinski definition) is 4. The molecule has 0 saturated carbocycles. The van der Waals surface area contributed by atoms with Crippen LogP contribution in [-0.4, -0.2) is 45.5 Å². The van der Waals surface area contributed by atoms with Gasteiger partial charge in [0.2, 0.25) is 0 Å². The van der Waals surface area contributed by atoms with Gasteiger partial charge in [0.05, 0.1) is 5.52 Å². The third-order valence-electron chi connectivity index (χ3n) is 6.36. The van der Waals surface area contributed by atoms with Gasteiger partial charge in [-0.15, -0.1) is 0 Å². The number of primary amides is 1. The molecule has 3 aromatic rings. The Kier molecular flexibility index (Phi) is 4.43. The van der Waals surface area contributed by atoms with E-state index in [1.807, 2.05) is 23.7 Å². The number of nitrogens with two attached hydrogens (primary N) is 1. The van der Waals surface area contributed by atoms with Crippen LogP contribution in [0.25, 0.3) is 16.6 Å². The van der Waals surface area contributed by atoms with Gasteiger partial charge in [-0.2, -0.15) is 5.10 Å². The molecular formula is C23H26N4O3. The number of rotatable bonds is 3. The van der Waals surface area contributed by atoms with Crippen molar-refractivity contribution in [3.05, 3.63) is 53.9 Å². The lowest BCUT2D eigenvalue weighted by molar-refractivity contribution is -0.107. The van der Waals surface area contributed by atoms with Crippen molar-refractivity contribution in [2.24, 2.45) is 5.73 Å². The number of carbonyl (C=O) groups excluding carboxylic acids is 1. The number of benzene rings is 1. The van der Waals surface area contributed by atoms with Gasteiger partial charge < -0.3 is 15.2 Å². The molecule has 156 valence electrons. The lowest BCUT2D eigenvalue weighted by atomic mass is 9.85. The van der Waals surface area contributed by atoms with E-state index in [1.165, 1.54) is 5.56 Å². The van der Waals surface area contributed by atoms with Crippen LogP contribution in [0.3, 0.4) is 0 Å². The first kappa shape index (κ1) is 18.9. The highest BCUT2D eigenvalue weighted by Crippen LogP contribution is 2.44. The van der Waals surface area contributed by atoms with Crippen LogP contribution in [0.5, 0.6) is 5.75 Å². The van der Waals surface area contributed by atoms with Crippen molar-refractivity contribution < 1.29 is 14.3 Å². The van der Waals surface area contributed by atoms with Crippen LogP contribution >= 0.6 is 0 Å². The van der Waals surface area contributed by atoms with Crippen LogP contribution < -0.4 is 10.5 Å². The van der Waals surface area contributed by atoms with E-state index in [9.17, 15) is 4.79 Å². The normalized spacial score (nSPS) is 23.0. The van der Waals surface area contributed by atoms with Crippen molar-refractivity contribution in [1.29, 1.82) is 0 Å². The highest BCUT2D eigenvalue weighted by molar-refractivity contribution is 5.73. The lowest BCUT2D eigenvalue weighted by Crippen LogP contribution is -2.56. The number of piperidine rings is 1. The summed E-state index contributed by atoms with van der Waals surface area (Å²) in [5.41, 5.74) is 10.9. The van der Waals surface area contributed by atoms with Crippen LogP contribution in [-0.2, 0) is 11.2 Å². The number of urea groups is 1. The smallest absolute Gasteiger partial charge is 0.316 e. The molecular weight excluding hydrogens is 380 g/mol. The molecule has 2 aliphatic rings. The van der Waals surface area contributed by atoms with Crippen molar-refractivity contribution in [1.82, 2.24) is 14.5 Å². The summed E-state index contributed by atoms with van der Waals surface area (Å²) in [5, 5.41) is 4.43. The van der Waals surface area contributed by atoms with E-state index >= 15 is 0 Å². The number of aromatic nitrogens is 2. The zero-order chi connectivity index (χ0) is 20.9. The molecule has 2 unspecified atom stereocenters. The minimum absolute atomic E-state index is 0.348. The molecule has 1 aromatic carbocycles. The molecule has 2 atom stereocenters. The Morgan fingerprint density at radius 3 is 3.00 bits per heavy atom. The second-order valence-corrected chi connectivity index (χ2v) is 8.18. The first-order chi connectivity index (χ1) is 14.5. The number of amides is 2. The zero-order valence-electron chi connectivity index (χ0n) is 17.3. The number of fused-ring (bicyclic) bond motifs is 2. The summed E-state index contributed by atoms with van der Waals surface area (Å²) < 4.78 is 14.2. The fraction of sp³-hybridized carbons (Fsp3) is 0.391. The Morgan fingerprint density at radius 2 is 2.20 bits per heavy atom.